The van der Waals surface area contributed by atoms with Gasteiger partial charge in [-0.2, -0.15) is 0 Å². The Kier molecular flexibility index (Phi) is 4.01. The zero-order valence-electron chi connectivity index (χ0n) is 11.2. The van der Waals surface area contributed by atoms with E-state index in [4.69, 9.17) is 11.6 Å². The molecule has 0 aliphatic carbocycles. The fourth-order valence-electron chi connectivity index (χ4n) is 1.41. The molecule has 0 saturated carbocycles. The second-order valence-electron chi connectivity index (χ2n) is 5.19. The van der Waals surface area contributed by atoms with Gasteiger partial charge in [0.05, 0.1) is 9.95 Å². The first kappa shape index (κ1) is 14.8. The molecule has 0 fully saturated rings. The van der Waals surface area contributed by atoms with E-state index in [1.807, 2.05) is 20.8 Å². The minimum Gasteiger partial charge on any atom is -0.262 e. The maximum absolute atomic E-state index is 10.6. The van der Waals surface area contributed by atoms with Crippen molar-refractivity contribution in [3.8, 4) is 0 Å². The summed E-state index contributed by atoms with van der Waals surface area (Å²) in [6, 6.07) is 4.32. The lowest BCUT2D eigenvalue weighted by atomic mass is 9.96. The highest BCUT2D eigenvalue weighted by atomic mass is 35.5. The van der Waals surface area contributed by atoms with Crippen LogP contribution < -0.4 is 0 Å². The number of halogens is 1. The molecule has 1 heterocycles. The molecule has 2 rings (SSSR count). The van der Waals surface area contributed by atoms with Crippen LogP contribution in [0.5, 0.6) is 0 Å². The minimum absolute atomic E-state index is 0.0373. The summed E-state index contributed by atoms with van der Waals surface area (Å²) in [6.07, 6.45) is 0. The molecule has 8 heteroatoms. The summed E-state index contributed by atoms with van der Waals surface area (Å²) >= 11 is 7.29. The van der Waals surface area contributed by atoms with E-state index in [1.165, 1.54) is 23.9 Å². The van der Waals surface area contributed by atoms with E-state index in [0.29, 0.717) is 15.1 Å². The molecule has 0 bridgehead atoms. The average Bonchev–Trinajstić information content (AvgIpc) is 2.80. The topological polar surface area (TPSA) is 84.7 Å². The number of nitro benzene ring substituents is 1. The molecule has 0 amide bonds. The maximum Gasteiger partial charge on any atom is 0.270 e. The Labute approximate surface area is 125 Å². The molecule has 106 valence electrons. The third-order valence-electron chi connectivity index (χ3n) is 2.50. The lowest BCUT2D eigenvalue weighted by Crippen LogP contribution is -2.13. The molecule has 20 heavy (non-hydrogen) atoms. The highest BCUT2D eigenvalue weighted by Crippen LogP contribution is 2.34. The van der Waals surface area contributed by atoms with Crippen LogP contribution in [0.3, 0.4) is 0 Å². The van der Waals surface area contributed by atoms with Gasteiger partial charge in [0, 0.05) is 22.4 Å². The summed E-state index contributed by atoms with van der Waals surface area (Å²) in [4.78, 5) is 15.2. The molecule has 0 spiro atoms. The van der Waals surface area contributed by atoms with Gasteiger partial charge in [0.1, 0.15) is 5.82 Å². The van der Waals surface area contributed by atoms with Gasteiger partial charge in [0.25, 0.3) is 5.69 Å². The van der Waals surface area contributed by atoms with Crippen LogP contribution in [0.1, 0.15) is 26.6 Å². The van der Waals surface area contributed by atoms with Gasteiger partial charge < -0.3 is 0 Å². The number of aromatic amines is 1. The molecular weight excluding hydrogens is 300 g/mol. The maximum atomic E-state index is 10.6. The molecule has 6 nitrogen and oxygen atoms in total. The van der Waals surface area contributed by atoms with Crippen molar-refractivity contribution < 1.29 is 4.92 Å². The van der Waals surface area contributed by atoms with E-state index < -0.39 is 4.92 Å². The van der Waals surface area contributed by atoms with E-state index in [-0.39, 0.29) is 11.1 Å². The first-order chi connectivity index (χ1) is 9.27. The second kappa shape index (κ2) is 5.41. The first-order valence-electron chi connectivity index (χ1n) is 5.82. The molecule has 1 N–H and O–H groups in total. The SMILES string of the molecule is CC(C)(C)c1nc(Sc2ccc([N+](=O)[O-])cc2Cl)n[nH]1. The highest BCUT2D eigenvalue weighted by molar-refractivity contribution is 7.99. The predicted octanol–water partition coefficient (Wildman–Crippen LogP) is 3.82. The monoisotopic (exact) mass is 312 g/mol. The van der Waals surface area contributed by atoms with Gasteiger partial charge in [-0.05, 0) is 17.8 Å². The lowest BCUT2D eigenvalue weighted by Gasteiger charge is -2.12. The zero-order valence-corrected chi connectivity index (χ0v) is 12.7. The van der Waals surface area contributed by atoms with Gasteiger partial charge in [0.15, 0.2) is 0 Å². The number of rotatable bonds is 3. The Morgan fingerprint density at radius 3 is 2.60 bits per heavy atom. The van der Waals surface area contributed by atoms with Gasteiger partial charge in [-0.1, -0.05) is 32.4 Å². The minimum atomic E-state index is -0.481. The summed E-state index contributed by atoms with van der Waals surface area (Å²) in [5, 5.41) is 18.5. The summed E-state index contributed by atoms with van der Waals surface area (Å²) < 4.78 is 0. The Bertz CT molecular complexity index is 651. The molecule has 0 unspecified atom stereocenters. The molecule has 0 aliphatic rings. The van der Waals surface area contributed by atoms with Gasteiger partial charge in [-0.3, -0.25) is 15.2 Å². The summed E-state index contributed by atoms with van der Waals surface area (Å²) in [7, 11) is 0. The fourth-order valence-corrected chi connectivity index (χ4v) is 2.42. The number of H-pyrrole nitrogens is 1. The number of non-ortho nitro benzene ring substituents is 1. The van der Waals surface area contributed by atoms with Crippen LogP contribution in [0.4, 0.5) is 5.69 Å². The third kappa shape index (κ3) is 3.29. The van der Waals surface area contributed by atoms with Crippen molar-refractivity contribution in [2.75, 3.05) is 0 Å². The Morgan fingerprint density at radius 1 is 1.40 bits per heavy atom. The molecule has 0 radical (unpaired) electrons. The van der Waals surface area contributed by atoms with E-state index >= 15 is 0 Å². The average molecular weight is 313 g/mol. The number of nitro groups is 1. The van der Waals surface area contributed by atoms with Gasteiger partial charge in [-0.15, -0.1) is 5.10 Å². The van der Waals surface area contributed by atoms with Crippen molar-refractivity contribution >= 4 is 29.1 Å². The largest absolute Gasteiger partial charge is 0.270 e. The van der Waals surface area contributed by atoms with E-state index in [0.717, 1.165) is 5.82 Å². The summed E-state index contributed by atoms with van der Waals surface area (Å²) in [6.45, 7) is 6.09. The molecule has 2 aromatic rings. The van der Waals surface area contributed by atoms with Crippen LogP contribution >= 0.6 is 23.4 Å². The van der Waals surface area contributed by atoms with Crippen molar-refractivity contribution in [1.29, 1.82) is 0 Å². The van der Waals surface area contributed by atoms with Gasteiger partial charge >= 0.3 is 0 Å². The van der Waals surface area contributed by atoms with Crippen molar-refractivity contribution in [2.45, 2.75) is 36.2 Å². The Balaban J connectivity index is 2.22. The Morgan fingerprint density at radius 2 is 2.10 bits per heavy atom. The molecule has 1 aromatic carbocycles. The first-order valence-corrected chi connectivity index (χ1v) is 7.01. The van der Waals surface area contributed by atoms with Crippen molar-refractivity contribution in [3.63, 3.8) is 0 Å². The number of hydrogen-bond donors (Lipinski definition) is 1. The van der Waals surface area contributed by atoms with E-state index in [9.17, 15) is 10.1 Å². The zero-order chi connectivity index (χ0) is 14.9. The van der Waals surface area contributed by atoms with Crippen molar-refractivity contribution in [1.82, 2.24) is 15.2 Å². The number of nitrogens with zero attached hydrogens (tertiary/aromatic N) is 3. The highest BCUT2D eigenvalue weighted by Gasteiger charge is 2.19. The van der Waals surface area contributed by atoms with Crippen molar-refractivity contribution in [3.05, 3.63) is 39.2 Å². The molecule has 0 atom stereocenters. The lowest BCUT2D eigenvalue weighted by molar-refractivity contribution is -0.384. The van der Waals surface area contributed by atoms with E-state index in [2.05, 4.69) is 15.2 Å². The number of nitrogens with one attached hydrogen (secondary N) is 1. The third-order valence-corrected chi connectivity index (χ3v) is 3.87. The molecular formula is C12H13ClN4O2S. The van der Waals surface area contributed by atoms with Crippen LogP contribution in [0.25, 0.3) is 0 Å². The van der Waals surface area contributed by atoms with Crippen LogP contribution in [0.2, 0.25) is 5.02 Å². The quantitative estimate of drug-likeness (QED) is 0.688. The van der Waals surface area contributed by atoms with Gasteiger partial charge in [0.2, 0.25) is 5.16 Å². The molecule has 0 aliphatic heterocycles. The van der Waals surface area contributed by atoms with Crippen molar-refractivity contribution in [2.24, 2.45) is 0 Å². The van der Waals surface area contributed by atoms with Crippen LogP contribution in [-0.2, 0) is 5.41 Å². The standard InChI is InChI=1S/C12H13ClN4O2S/c1-12(2,3)10-14-11(16-15-10)20-9-5-4-7(17(18)19)6-8(9)13/h4-6H,1-3H3,(H,14,15,16). The smallest absolute Gasteiger partial charge is 0.262 e. The second-order valence-corrected chi connectivity index (χ2v) is 6.61. The predicted molar refractivity (Wildman–Crippen MR) is 77.3 cm³/mol. The summed E-state index contributed by atoms with van der Waals surface area (Å²) in [5.41, 5.74) is -0.157. The molecule has 1 aromatic heterocycles. The summed E-state index contributed by atoms with van der Waals surface area (Å²) in [5.74, 6) is 0.776. The Hall–Kier alpha value is -1.60. The van der Waals surface area contributed by atoms with Crippen LogP contribution in [-0.4, -0.2) is 20.1 Å². The van der Waals surface area contributed by atoms with Crippen LogP contribution in [0, 0.1) is 10.1 Å². The van der Waals surface area contributed by atoms with E-state index in [1.54, 1.807) is 6.07 Å². The normalized spacial score (nSPS) is 11.6. The molecule has 0 saturated heterocycles. The fraction of sp³-hybridized carbons (Fsp3) is 0.333. The number of hydrogen-bond acceptors (Lipinski definition) is 5. The van der Waals surface area contributed by atoms with Gasteiger partial charge in [-0.25, -0.2) is 4.98 Å². The number of benzene rings is 1. The number of aromatic nitrogens is 3. The van der Waals surface area contributed by atoms with Crippen LogP contribution in [0.15, 0.2) is 28.3 Å².